The van der Waals surface area contributed by atoms with Crippen LogP contribution < -0.4 is 19.7 Å². The Labute approximate surface area is 218 Å². The van der Waals surface area contributed by atoms with Crippen molar-refractivity contribution in [3.05, 3.63) is 72.6 Å². The zero-order chi connectivity index (χ0) is 22.9. The Balaban J connectivity index is 0.00000324. The Hall–Kier alpha value is -3.08. The van der Waals surface area contributed by atoms with Gasteiger partial charge in [0.05, 0.1) is 6.61 Å². The van der Waals surface area contributed by atoms with E-state index in [1.165, 1.54) is 0 Å². The topological polar surface area (TPSA) is 75.1 Å². The molecule has 0 radical (unpaired) electrons. The van der Waals surface area contributed by atoms with E-state index in [-0.39, 0.29) is 24.0 Å². The second-order valence-corrected chi connectivity index (χ2v) is 7.55. The van der Waals surface area contributed by atoms with Crippen LogP contribution in [0, 0.1) is 0 Å². The molecule has 4 rings (SSSR count). The predicted molar refractivity (Wildman–Crippen MR) is 146 cm³/mol. The van der Waals surface area contributed by atoms with E-state index in [4.69, 9.17) is 9.47 Å². The molecule has 1 N–H and O–H groups in total. The lowest BCUT2D eigenvalue weighted by molar-refractivity contribution is 0.319. The number of para-hydroxylation sites is 2. The summed E-state index contributed by atoms with van der Waals surface area (Å²) in [5.74, 6) is 3.81. The maximum Gasteiger partial charge on any atom is 0.219 e. The van der Waals surface area contributed by atoms with Crippen molar-refractivity contribution in [3.8, 4) is 17.4 Å². The third-order valence-corrected chi connectivity index (χ3v) is 5.38. The molecule has 1 aliphatic heterocycles. The molecule has 3 heterocycles. The Morgan fingerprint density at radius 2 is 1.74 bits per heavy atom. The number of hydrogen-bond acceptors (Lipinski definition) is 6. The summed E-state index contributed by atoms with van der Waals surface area (Å²) in [4.78, 5) is 17.9. The Morgan fingerprint density at radius 1 is 0.971 bits per heavy atom. The number of aliphatic imine (C=N–C) groups is 1. The van der Waals surface area contributed by atoms with Crippen LogP contribution in [0.1, 0.15) is 12.5 Å². The van der Waals surface area contributed by atoms with E-state index in [9.17, 15) is 0 Å². The number of halogens is 1. The summed E-state index contributed by atoms with van der Waals surface area (Å²) in [5, 5.41) is 3.45. The van der Waals surface area contributed by atoms with Crippen LogP contribution in [0.5, 0.6) is 17.4 Å². The quantitative estimate of drug-likeness (QED) is 0.258. The van der Waals surface area contributed by atoms with Crippen molar-refractivity contribution >= 4 is 35.8 Å². The molecule has 8 nitrogen and oxygen atoms in total. The lowest BCUT2D eigenvalue weighted by Crippen LogP contribution is -2.52. The molecule has 0 saturated carbocycles. The van der Waals surface area contributed by atoms with Crippen molar-refractivity contribution in [2.45, 2.75) is 13.5 Å². The number of hydrogen-bond donors (Lipinski definition) is 1. The monoisotopic (exact) mass is 574 g/mol. The molecule has 1 fully saturated rings. The van der Waals surface area contributed by atoms with Gasteiger partial charge in [-0.05, 0) is 36.8 Å². The molecule has 9 heteroatoms. The number of nitrogens with one attached hydrogen (secondary N) is 1. The van der Waals surface area contributed by atoms with Gasteiger partial charge in [0, 0.05) is 58.2 Å². The van der Waals surface area contributed by atoms with Crippen LogP contribution in [-0.2, 0) is 6.54 Å². The SMILES string of the molecule is CCOc1ccccc1Oc1ccc(CNC(=NC)N2CCN(c3ccccn3)CC2)cn1.I. The first kappa shape index (κ1) is 25.5. The van der Waals surface area contributed by atoms with E-state index in [1.54, 1.807) is 0 Å². The fourth-order valence-corrected chi connectivity index (χ4v) is 3.70. The minimum atomic E-state index is 0. The number of guanidine groups is 1. The molecule has 0 amide bonds. The van der Waals surface area contributed by atoms with E-state index in [0.29, 0.717) is 30.5 Å². The highest BCUT2D eigenvalue weighted by Gasteiger charge is 2.20. The lowest BCUT2D eigenvalue weighted by Gasteiger charge is -2.37. The molecule has 1 aliphatic rings. The molecule has 1 saturated heterocycles. The van der Waals surface area contributed by atoms with Crippen molar-refractivity contribution in [1.82, 2.24) is 20.2 Å². The Bertz CT molecular complexity index is 1040. The Kier molecular flexibility index (Phi) is 9.75. The molecular formula is C25H31IN6O2. The normalized spacial score (nSPS) is 13.8. The molecule has 0 unspecified atom stereocenters. The minimum absolute atomic E-state index is 0. The number of benzene rings is 1. The van der Waals surface area contributed by atoms with Crippen LogP contribution in [0.15, 0.2) is 72.0 Å². The van der Waals surface area contributed by atoms with E-state index in [0.717, 1.165) is 43.5 Å². The van der Waals surface area contributed by atoms with Gasteiger partial charge in [0.2, 0.25) is 5.88 Å². The van der Waals surface area contributed by atoms with Crippen LogP contribution in [0.4, 0.5) is 5.82 Å². The maximum atomic E-state index is 5.91. The van der Waals surface area contributed by atoms with E-state index >= 15 is 0 Å². The number of pyridine rings is 2. The van der Waals surface area contributed by atoms with Gasteiger partial charge in [-0.25, -0.2) is 9.97 Å². The Morgan fingerprint density at radius 3 is 2.38 bits per heavy atom. The van der Waals surface area contributed by atoms with Gasteiger partial charge >= 0.3 is 0 Å². The van der Waals surface area contributed by atoms with Gasteiger partial charge in [-0.1, -0.05) is 24.3 Å². The molecule has 34 heavy (non-hydrogen) atoms. The summed E-state index contributed by atoms with van der Waals surface area (Å²) in [6.45, 7) is 6.77. The molecule has 0 atom stereocenters. The fourth-order valence-electron chi connectivity index (χ4n) is 3.70. The highest BCUT2D eigenvalue weighted by atomic mass is 127. The molecule has 3 aromatic rings. The van der Waals surface area contributed by atoms with Crippen LogP contribution >= 0.6 is 24.0 Å². The van der Waals surface area contributed by atoms with E-state index < -0.39 is 0 Å². The lowest BCUT2D eigenvalue weighted by atomic mass is 10.2. The smallest absolute Gasteiger partial charge is 0.219 e. The van der Waals surface area contributed by atoms with Gasteiger partial charge in [0.15, 0.2) is 17.5 Å². The number of ether oxygens (including phenoxy) is 2. The van der Waals surface area contributed by atoms with E-state index in [2.05, 4.69) is 36.1 Å². The zero-order valence-electron chi connectivity index (χ0n) is 19.6. The molecule has 0 spiro atoms. The van der Waals surface area contributed by atoms with Crippen LogP contribution in [0.3, 0.4) is 0 Å². The number of piperazine rings is 1. The highest BCUT2D eigenvalue weighted by Crippen LogP contribution is 2.30. The van der Waals surface area contributed by atoms with Gasteiger partial charge in [0.1, 0.15) is 5.82 Å². The van der Waals surface area contributed by atoms with Crippen molar-refractivity contribution in [1.29, 1.82) is 0 Å². The van der Waals surface area contributed by atoms with E-state index in [1.807, 2.05) is 74.9 Å². The van der Waals surface area contributed by atoms with Gasteiger partial charge in [0.25, 0.3) is 0 Å². The summed E-state index contributed by atoms with van der Waals surface area (Å²) in [5.41, 5.74) is 1.05. The molecule has 180 valence electrons. The fraction of sp³-hybridized carbons (Fsp3) is 0.320. The standard InChI is InChI=1S/C25H30N6O2.HI/c1-3-32-21-8-4-5-9-22(21)33-24-12-11-20(18-28-24)19-29-25(26-2)31-16-14-30(15-17-31)23-10-6-7-13-27-23;/h4-13,18H,3,14-17,19H2,1-2H3,(H,26,29);1H. The summed E-state index contributed by atoms with van der Waals surface area (Å²) >= 11 is 0. The number of aromatic nitrogens is 2. The number of rotatable bonds is 7. The van der Waals surface area contributed by atoms with Crippen molar-refractivity contribution in [3.63, 3.8) is 0 Å². The second kappa shape index (κ2) is 13.0. The third kappa shape index (κ3) is 6.72. The second-order valence-electron chi connectivity index (χ2n) is 7.55. The predicted octanol–water partition coefficient (Wildman–Crippen LogP) is 4.18. The molecular weight excluding hydrogens is 543 g/mol. The van der Waals surface area contributed by atoms with Crippen LogP contribution in [-0.4, -0.2) is 60.7 Å². The first-order chi connectivity index (χ1) is 16.3. The molecule has 0 bridgehead atoms. The van der Waals surface area contributed by atoms with Crippen LogP contribution in [0.25, 0.3) is 0 Å². The number of anilines is 1. The summed E-state index contributed by atoms with van der Waals surface area (Å²) in [7, 11) is 1.82. The minimum Gasteiger partial charge on any atom is -0.490 e. The molecule has 0 aliphatic carbocycles. The average Bonchev–Trinajstić information content (AvgIpc) is 2.88. The third-order valence-electron chi connectivity index (χ3n) is 5.38. The zero-order valence-corrected chi connectivity index (χ0v) is 21.9. The number of nitrogens with zero attached hydrogens (tertiary/aromatic N) is 5. The summed E-state index contributed by atoms with van der Waals surface area (Å²) < 4.78 is 11.5. The maximum absolute atomic E-state index is 5.91. The van der Waals surface area contributed by atoms with Gasteiger partial charge in [-0.2, -0.15) is 0 Å². The first-order valence-electron chi connectivity index (χ1n) is 11.2. The molecule has 2 aromatic heterocycles. The first-order valence-corrected chi connectivity index (χ1v) is 11.2. The van der Waals surface area contributed by atoms with Crippen molar-refractivity contribution in [2.24, 2.45) is 4.99 Å². The largest absolute Gasteiger partial charge is 0.490 e. The average molecular weight is 574 g/mol. The molecule has 1 aromatic carbocycles. The summed E-state index contributed by atoms with van der Waals surface area (Å²) in [6, 6.07) is 17.5. The van der Waals surface area contributed by atoms with Gasteiger partial charge < -0.3 is 24.6 Å². The van der Waals surface area contributed by atoms with Crippen LogP contribution in [0.2, 0.25) is 0 Å². The van der Waals surface area contributed by atoms with Gasteiger partial charge in [-0.15, -0.1) is 24.0 Å². The van der Waals surface area contributed by atoms with Crippen molar-refractivity contribution < 1.29 is 9.47 Å². The van der Waals surface area contributed by atoms with Crippen molar-refractivity contribution in [2.75, 3.05) is 44.7 Å². The van der Waals surface area contributed by atoms with Gasteiger partial charge in [-0.3, -0.25) is 4.99 Å². The summed E-state index contributed by atoms with van der Waals surface area (Å²) in [6.07, 6.45) is 3.65. The highest BCUT2D eigenvalue weighted by molar-refractivity contribution is 14.0.